The van der Waals surface area contributed by atoms with Crippen molar-refractivity contribution >= 4 is 23.2 Å². The van der Waals surface area contributed by atoms with Gasteiger partial charge in [-0.15, -0.1) is 0 Å². The van der Waals surface area contributed by atoms with Gasteiger partial charge < -0.3 is 5.32 Å². The topological polar surface area (TPSA) is 29.1 Å². The molecule has 0 aliphatic carbocycles. The Morgan fingerprint density at radius 2 is 1.95 bits per heavy atom. The number of benzene rings is 2. The zero-order valence-corrected chi connectivity index (χ0v) is 11.6. The number of anilines is 1. The van der Waals surface area contributed by atoms with Crippen molar-refractivity contribution in [3.63, 3.8) is 0 Å². The van der Waals surface area contributed by atoms with Gasteiger partial charge in [-0.2, -0.15) is 0 Å². The molecule has 0 radical (unpaired) electrons. The van der Waals surface area contributed by atoms with Gasteiger partial charge in [-0.05, 0) is 48.7 Å². The molecule has 3 heteroatoms. The van der Waals surface area contributed by atoms with Crippen LogP contribution in [0.15, 0.2) is 48.5 Å². The summed E-state index contributed by atoms with van der Waals surface area (Å²) in [5.41, 5.74) is 3.05. The Hall–Kier alpha value is -1.80. The summed E-state index contributed by atoms with van der Waals surface area (Å²) in [7, 11) is 0. The predicted molar refractivity (Wildman–Crippen MR) is 79.6 cm³/mol. The first kappa shape index (κ1) is 13.6. The molecule has 0 aliphatic rings. The number of hydrogen-bond donors (Lipinski definition) is 1. The van der Waals surface area contributed by atoms with Crippen LogP contribution in [0.1, 0.15) is 17.5 Å². The normalized spacial score (nSPS) is 10.2. The van der Waals surface area contributed by atoms with Crippen molar-refractivity contribution in [3.05, 3.63) is 64.7 Å². The number of halogens is 1. The molecule has 0 saturated carbocycles. The summed E-state index contributed by atoms with van der Waals surface area (Å²) in [4.78, 5) is 11.8. The minimum atomic E-state index is 0.0191. The smallest absolute Gasteiger partial charge is 0.224 e. The average Bonchev–Trinajstić information content (AvgIpc) is 2.36. The Morgan fingerprint density at radius 1 is 1.16 bits per heavy atom. The number of aryl methyl sites for hydroxylation is 2. The van der Waals surface area contributed by atoms with Crippen molar-refractivity contribution in [2.75, 3.05) is 5.32 Å². The van der Waals surface area contributed by atoms with Gasteiger partial charge in [-0.3, -0.25) is 4.79 Å². The van der Waals surface area contributed by atoms with Crippen LogP contribution in [0, 0.1) is 6.92 Å². The molecule has 0 unspecified atom stereocenters. The highest BCUT2D eigenvalue weighted by atomic mass is 35.5. The maximum absolute atomic E-state index is 11.8. The van der Waals surface area contributed by atoms with Crippen LogP contribution in [0.5, 0.6) is 0 Å². The molecule has 19 heavy (non-hydrogen) atoms. The van der Waals surface area contributed by atoms with Crippen molar-refractivity contribution in [3.8, 4) is 0 Å². The molecule has 0 aromatic heterocycles. The summed E-state index contributed by atoms with van der Waals surface area (Å²) in [6.07, 6.45) is 1.15. The van der Waals surface area contributed by atoms with Gasteiger partial charge in [-0.25, -0.2) is 0 Å². The molecule has 0 bridgehead atoms. The van der Waals surface area contributed by atoms with Gasteiger partial charge in [0.1, 0.15) is 0 Å². The van der Waals surface area contributed by atoms with E-state index in [1.165, 1.54) is 0 Å². The molecular weight excluding hydrogens is 258 g/mol. The molecule has 0 heterocycles. The van der Waals surface area contributed by atoms with Crippen molar-refractivity contribution < 1.29 is 4.79 Å². The monoisotopic (exact) mass is 273 g/mol. The second kappa shape index (κ2) is 6.39. The highest BCUT2D eigenvalue weighted by molar-refractivity contribution is 6.30. The van der Waals surface area contributed by atoms with Crippen LogP contribution in [0.2, 0.25) is 5.02 Å². The van der Waals surface area contributed by atoms with Crippen LogP contribution in [-0.4, -0.2) is 5.91 Å². The third-order valence-electron chi connectivity index (χ3n) is 2.83. The van der Waals surface area contributed by atoms with E-state index >= 15 is 0 Å². The number of amides is 1. The third-order valence-corrected chi connectivity index (χ3v) is 3.07. The van der Waals surface area contributed by atoms with E-state index in [1.54, 1.807) is 0 Å². The molecule has 0 saturated heterocycles. The Bertz CT molecular complexity index is 580. The molecule has 0 spiro atoms. The van der Waals surface area contributed by atoms with Crippen LogP contribution in [-0.2, 0) is 11.2 Å². The Labute approximate surface area is 118 Å². The SMILES string of the molecule is Cc1cccc(NC(=O)CCc2cccc(Cl)c2)c1. The lowest BCUT2D eigenvalue weighted by Crippen LogP contribution is -2.12. The lowest BCUT2D eigenvalue weighted by molar-refractivity contribution is -0.116. The summed E-state index contributed by atoms with van der Waals surface area (Å²) in [5.74, 6) is 0.0191. The lowest BCUT2D eigenvalue weighted by Gasteiger charge is -2.06. The molecule has 1 amide bonds. The fraction of sp³-hybridized carbons (Fsp3) is 0.188. The summed E-state index contributed by atoms with van der Waals surface area (Å²) >= 11 is 5.91. The fourth-order valence-corrected chi connectivity index (χ4v) is 2.11. The second-order valence-electron chi connectivity index (χ2n) is 4.55. The molecule has 2 aromatic rings. The second-order valence-corrected chi connectivity index (χ2v) is 4.98. The fourth-order valence-electron chi connectivity index (χ4n) is 1.90. The number of rotatable bonds is 4. The van der Waals surface area contributed by atoms with E-state index < -0.39 is 0 Å². The lowest BCUT2D eigenvalue weighted by atomic mass is 10.1. The molecule has 0 atom stereocenters. The van der Waals surface area contributed by atoms with Crippen molar-refractivity contribution in [1.29, 1.82) is 0 Å². The van der Waals surface area contributed by atoms with Crippen molar-refractivity contribution in [1.82, 2.24) is 0 Å². The van der Waals surface area contributed by atoms with Crippen molar-refractivity contribution in [2.45, 2.75) is 19.8 Å². The van der Waals surface area contributed by atoms with Crippen LogP contribution < -0.4 is 5.32 Å². The zero-order chi connectivity index (χ0) is 13.7. The quantitative estimate of drug-likeness (QED) is 0.888. The number of carbonyl (C=O) groups excluding carboxylic acids is 1. The van der Waals surface area contributed by atoms with E-state index in [0.29, 0.717) is 17.9 Å². The van der Waals surface area contributed by atoms with Crippen LogP contribution in [0.3, 0.4) is 0 Å². The third kappa shape index (κ3) is 4.42. The highest BCUT2D eigenvalue weighted by Crippen LogP contribution is 2.13. The molecule has 2 nitrogen and oxygen atoms in total. The number of hydrogen-bond acceptors (Lipinski definition) is 1. The largest absolute Gasteiger partial charge is 0.326 e. The minimum Gasteiger partial charge on any atom is -0.326 e. The summed E-state index contributed by atoms with van der Waals surface area (Å²) < 4.78 is 0. The molecule has 1 N–H and O–H groups in total. The molecular formula is C16H16ClNO. The molecule has 0 fully saturated rings. The summed E-state index contributed by atoms with van der Waals surface area (Å²) in [5, 5.41) is 3.60. The molecule has 98 valence electrons. The van der Waals surface area contributed by atoms with E-state index in [2.05, 4.69) is 5.32 Å². The summed E-state index contributed by atoms with van der Waals surface area (Å²) in [6, 6.07) is 15.4. The van der Waals surface area contributed by atoms with Gasteiger partial charge in [0, 0.05) is 17.1 Å². The van der Waals surface area contributed by atoms with Gasteiger partial charge >= 0.3 is 0 Å². The van der Waals surface area contributed by atoms with E-state index in [1.807, 2.05) is 55.5 Å². The van der Waals surface area contributed by atoms with E-state index in [-0.39, 0.29) is 5.91 Å². The zero-order valence-electron chi connectivity index (χ0n) is 10.8. The first-order chi connectivity index (χ1) is 9.13. The van der Waals surface area contributed by atoms with Gasteiger partial charge in [0.05, 0.1) is 0 Å². The number of nitrogens with one attached hydrogen (secondary N) is 1. The predicted octanol–water partition coefficient (Wildman–Crippen LogP) is 4.22. The first-order valence-electron chi connectivity index (χ1n) is 6.24. The van der Waals surface area contributed by atoms with E-state index in [4.69, 9.17) is 11.6 Å². The molecule has 0 aliphatic heterocycles. The first-order valence-corrected chi connectivity index (χ1v) is 6.62. The standard InChI is InChI=1S/C16H16ClNO/c1-12-4-2-7-15(10-12)18-16(19)9-8-13-5-3-6-14(17)11-13/h2-7,10-11H,8-9H2,1H3,(H,18,19). The van der Waals surface area contributed by atoms with E-state index in [0.717, 1.165) is 16.8 Å². The minimum absolute atomic E-state index is 0.0191. The van der Waals surface area contributed by atoms with E-state index in [9.17, 15) is 4.79 Å². The van der Waals surface area contributed by atoms with Gasteiger partial charge in [0.15, 0.2) is 0 Å². The van der Waals surface area contributed by atoms with Crippen molar-refractivity contribution in [2.24, 2.45) is 0 Å². The molecule has 2 aromatic carbocycles. The Kier molecular flexibility index (Phi) is 4.58. The van der Waals surface area contributed by atoms with Crippen LogP contribution in [0.4, 0.5) is 5.69 Å². The summed E-state index contributed by atoms with van der Waals surface area (Å²) in [6.45, 7) is 2.00. The maximum atomic E-state index is 11.8. The number of carbonyl (C=O) groups is 1. The average molecular weight is 274 g/mol. The Morgan fingerprint density at radius 3 is 2.68 bits per heavy atom. The van der Waals surface area contributed by atoms with Gasteiger partial charge in [0.25, 0.3) is 0 Å². The van der Waals surface area contributed by atoms with Crippen LogP contribution >= 0.6 is 11.6 Å². The maximum Gasteiger partial charge on any atom is 0.224 e. The van der Waals surface area contributed by atoms with Gasteiger partial charge in [-0.1, -0.05) is 35.9 Å². The van der Waals surface area contributed by atoms with Crippen LogP contribution in [0.25, 0.3) is 0 Å². The highest BCUT2D eigenvalue weighted by Gasteiger charge is 2.03. The van der Waals surface area contributed by atoms with Gasteiger partial charge in [0.2, 0.25) is 5.91 Å². The molecule has 2 rings (SSSR count). The Balaban J connectivity index is 1.88.